The number of hydrogen-bond acceptors (Lipinski definition) is 1. The van der Waals surface area contributed by atoms with Crippen molar-refractivity contribution in [1.29, 1.82) is 0 Å². The lowest BCUT2D eigenvalue weighted by Gasteiger charge is -2.37. The average Bonchev–Trinajstić information content (AvgIpc) is 2.54. The maximum atomic E-state index is 5.50. The standard InChI is InChI=1S/C21H34N2S/c1-5-6-7-16-8-12-18(13-9-16)22-20(24)23-19-14-10-17(11-15-19)21(2,3)4/h8-9,12-13,17,19H,5-7,10-11,14-15H2,1-4H3,(H2,22,23,24). The van der Waals surface area contributed by atoms with Gasteiger partial charge in [-0.05, 0) is 79.8 Å². The minimum Gasteiger partial charge on any atom is -0.360 e. The number of anilines is 1. The molecule has 2 nitrogen and oxygen atoms in total. The fourth-order valence-corrected chi connectivity index (χ4v) is 3.88. The molecular weight excluding hydrogens is 312 g/mol. The molecule has 0 spiro atoms. The van der Waals surface area contributed by atoms with Crippen LogP contribution in [0.1, 0.15) is 71.8 Å². The van der Waals surface area contributed by atoms with Gasteiger partial charge in [0, 0.05) is 11.7 Å². The number of rotatable bonds is 5. The van der Waals surface area contributed by atoms with Crippen LogP contribution in [0.5, 0.6) is 0 Å². The van der Waals surface area contributed by atoms with E-state index in [-0.39, 0.29) is 0 Å². The van der Waals surface area contributed by atoms with E-state index in [1.807, 2.05) is 0 Å². The van der Waals surface area contributed by atoms with Crippen molar-refractivity contribution in [1.82, 2.24) is 5.32 Å². The molecule has 0 unspecified atom stereocenters. The van der Waals surface area contributed by atoms with Crippen molar-refractivity contribution < 1.29 is 0 Å². The van der Waals surface area contributed by atoms with Gasteiger partial charge in [0.1, 0.15) is 0 Å². The first-order valence-electron chi connectivity index (χ1n) is 9.55. The Hall–Kier alpha value is -1.09. The molecule has 0 heterocycles. The lowest BCUT2D eigenvalue weighted by Crippen LogP contribution is -2.41. The molecule has 1 aliphatic carbocycles. The quantitative estimate of drug-likeness (QED) is 0.647. The van der Waals surface area contributed by atoms with E-state index in [0.29, 0.717) is 11.5 Å². The molecular formula is C21H34N2S. The molecule has 0 bridgehead atoms. The van der Waals surface area contributed by atoms with Gasteiger partial charge in [-0.25, -0.2) is 0 Å². The van der Waals surface area contributed by atoms with Crippen molar-refractivity contribution in [2.24, 2.45) is 11.3 Å². The zero-order chi connectivity index (χ0) is 17.6. The van der Waals surface area contributed by atoms with Gasteiger partial charge in [0.15, 0.2) is 5.11 Å². The number of thiocarbonyl (C=S) groups is 1. The number of hydrogen-bond donors (Lipinski definition) is 2. The first-order valence-corrected chi connectivity index (χ1v) is 9.95. The van der Waals surface area contributed by atoms with Crippen LogP contribution in [0.3, 0.4) is 0 Å². The summed E-state index contributed by atoms with van der Waals surface area (Å²) in [7, 11) is 0. The Balaban J connectivity index is 1.75. The summed E-state index contributed by atoms with van der Waals surface area (Å²) in [5.74, 6) is 0.841. The second-order valence-corrected chi connectivity index (χ2v) is 8.72. The third-order valence-electron chi connectivity index (χ3n) is 5.32. The highest BCUT2D eigenvalue weighted by Gasteiger charge is 2.29. The highest BCUT2D eigenvalue weighted by molar-refractivity contribution is 7.80. The van der Waals surface area contributed by atoms with E-state index >= 15 is 0 Å². The fourth-order valence-electron chi connectivity index (χ4n) is 3.59. The van der Waals surface area contributed by atoms with E-state index in [2.05, 4.69) is 62.6 Å². The number of unbranched alkanes of at least 4 members (excludes halogenated alkanes) is 1. The molecule has 1 saturated carbocycles. The SMILES string of the molecule is CCCCc1ccc(NC(=S)NC2CCC(C(C)(C)C)CC2)cc1. The fraction of sp³-hybridized carbons (Fsp3) is 0.667. The highest BCUT2D eigenvalue weighted by atomic mass is 32.1. The van der Waals surface area contributed by atoms with Crippen LogP contribution in [-0.4, -0.2) is 11.2 Å². The Morgan fingerprint density at radius 3 is 2.25 bits per heavy atom. The van der Waals surface area contributed by atoms with Gasteiger partial charge >= 0.3 is 0 Å². The van der Waals surface area contributed by atoms with E-state index in [4.69, 9.17) is 12.2 Å². The summed E-state index contributed by atoms with van der Waals surface area (Å²) < 4.78 is 0. The molecule has 0 aliphatic heterocycles. The van der Waals surface area contributed by atoms with Gasteiger partial charge < -0.3 is 10.6 Å². The number of aryl methyl sites for hydroxylation is 1. The van der Waals surface area contributed by atoms with Crippen LogP contribution in [-0.2, 0) is 6.42 Å². The zero-order valence-electron chi connectivity index (χ0n) is 15.8. The van der Waals surface area contributed by atoms with Crippen molar-refractivity contribution in [2.45, 2.75) is 78.7 Å². The Morgan fingerprint density at radius 1 is 1.08 bits per heavy atom. The molecule has 0 radical (unpaired) electrons. The van der Waals surface area contributed by atoms with Crippen molar-refractivity contribution in [3.8, 4) is 0 Å². The summed E-state index contributed by atoms with van der Waals surface area (Å²) in [6, 6.07) is 9.20. The molecule has 3 heteroatoms. The van der Waals surface area contributed by atoms with Crippen molar-refractivity contribution in [2.75, 3.05) is 5.32 Å². The molecule has 1 aromatic carbocycles. The first-order chi connectivity index (χ1) is 11.4. The first kappa shape index (κ1) is 19.2. The van der Waals surface area contributed by atoms with E-state index in [9.17, 15) is 0 Å². The normalized spacial score (nSPS) is 21.3. The molecule has 0 atom stereocenters. The maximum Gasteiger partial charge on any atom is 0.170 e. The van der Waals surface area contributed by atoms with Crippen molar-refractivity contribution in [3.63, 3.8) is 0 Å². The van der Waals surface area contributed by atoms with Crippen molar-refractivity contribution in [3.05, 3.63) is 29.8 Å². The topological polar surface area (TPSA) is 24.1 Å². The Labute approximate surface area is 153 Å². The summed E-state index contributed by atoms with van der Waals surface area (Å²) in [4.78, 5) is 0. The Kier molecular flexibility index (Phi) is 7.09. The predicted molar refractivity (Wildman–Crippen MR) is 110 cm³/mol. The van der Waals surface area contributed by atoms with Gasteiger partial charge in [-0.15, -0.1) is 0 Å². The molecule has 2 rings (SSSR count). The van der Waals surface area contributed by atoms with E-state index < -0.39 is 0 Å². The van der Waals surface area contributed by atoms with Gasteiger partial charge in [-0.3, -0.25) is 0 Å². The molecule has 1 aromatic rings. The number of benzene rings is 1. The molecule has 134 valence electrons. The minimum absolute atomic E-state index is 0.434. The third-order valence-corrected chi connectivity index (χ3v) is 5.54. The van der Waals surface area contributed by atoms with Crippen LogP contribution in [0, 0.1) is 11.3 Å². The summed E-state index contributed by atoms with van der Waals surface area (Å²) in [6.45, 7) is 9.32. The summed E-state index contributed by atoms with van der Waals surface area (Å²) in [5.41, 5.74) is 2.92. The molecule has 0 aromatic heterocycles. The van der Waals surface area contributed by atoms with Gasteiger partial charge in [0.2, 0.25) is 0 Å². The molecule has 0 saturated heterocycles. The molecule has 0 amide bonds. The second kappa shape index (κ2) is 8.84. The summed E-state index contributed by atoms with van der Waals surface area (Å²) in [6.07, 6.45) is 8.71. The Morgan fingerprint density at radius 2 is 1.71 bits per heavy atom. The second-order valence-electron chi connectivity index (χ2n) is 8.31. The highest BCUT2D eigenvalue weighted by Crippen LogP contribution is 2.37. The van der Waals surface area contributed by atoms with Gasteiger partial charge in [0.25, 0.3) is 0 Å². The lowest BCUT2D eigenvalue weighted by atomic mass is 9.71. The average molecular weight is 347 g/mol. The van der Waals surface area contributed by atoms with E-state index in [0.717, 1.165) is 23.1 Å². The Bertz CT molecular complexity index is 508. The predicted octanol–water partition coefficient (Wildman–Crippen LogP) is 5.92. The van der Waals surface area contributed by atoms with Crippen LogP contribution in [0.4, 0.5) is 5.69 Å². The van der Waals surface area contributed by atoms with Crippen molar-refractivity contribution >= 4 is 23.0 Å². The number of nitrogens with one attached hydrogen (secondary N) is 2. The summed E-state index contributed by atoms with van der Waals surface area (Å²) >= 11 is 5.50. The van der Waals surface area contributed by atoms with Crippen LogP contribution in [0.15, 0.2) is 24.3 Å². The smallest absolute Gasteiger partial charge is 0.170 e. The van der Waals surface area contributed by atoms with Gasteiger partial charge in [0.05, 0.1) is 0 Å². The van der Waals surface area contributed by atoms with Crippen LogP contribution < -0.4 is 10.6 Å². The third kappa shape index (κ3) is 6.08. The van der Waals surface area contributed by atoms with E-state index in [1.54, 1.807) is 0 Å². The van der Waals surface area contributed by atoms with Gasteiger partial charge in [-0.1, -0.05) is 46.2 Å². The largest absolute Gasteiger partial charge is 0.360 e. The maximum absolute atomic E-state index is 5.50. The van der Waals surface area contributed by atoms with E-state index in [1.165, 1.54) is 44.1 Å². The van der Waals surface area contributed by atoms with Crippen LogP contribution in [0.2, 0.25) is 0 Å². The van der Waals surface area contributed by atoms with Gasteiger partial charge in [-0.2, -0.15) is 0 Å². The lowest BCUT2D eigenvalue weighted by molar-refractivity contribution is 0.166. The van der Waals surface area contributed by atoms with Crippen LogP contribution >= 0.6 is 12.2 Å². The molecule has 24 heavy (non-hydrogen) atoms. The zero-order valence-corrected chi connectivity index (χ0v) is 16.6. The minimum atomic E-state index is 0.434. The molecule has 2 N–H and O–H groups in total. The van der Waals surface area contributed by atoms with Crippen LogP contribution in [0.25, 0.3) is 0 Å². The summed E-state index contributed by atoms with van der Waals surface area (Å²) in [5, 5.41) is 7.60. The monoisotopic (exact) mass is 346 g/mol. The molecule has 1 fully saturated rings. The molecule has 1 aliphatic rings.